The molecule has 1 aromatic carbocycles. The topological polar surface area (TPSA) is 49.3 Å². The molecule has 0 radical (unpaired) electrons. The molecule has 0 bridgehead atoms. The molecule has 2 rings (SSSR count). The van der Waals surface area contributed by atoms with E-state index in [4.69, 9.17) is 0 Å². The van der Waals surface area contributed by atoms with E-state index in [0.29, 0.717) is 6.42 Å². The monoisotopic (exact) mass is 205 g/mol. The van der Waals surface area contributed by atoms with Crippen LogP contribution < -0.4 is 5.32 Å². The molecular formula is C12H15NO2. The zero-order chi connectivity index (χ0) is 10.7. The van der Waals surface area contributed by atoms with Crippen LogP contribution in [0.4, 0.5) is 0 Å². The molecule has 1 aliphatic rings. The lowest BCUT2D eigenvalue weighted by Crippen LogP contribution is -2.31. The third kappa shape index (κ3) is 2.36. The maximum absolute atomic E-state index is 11.8. The van der Waals surface area contributed by atoms with Crippen molar-refractivity contribution in [1.29, 1.82) is 0 Å². The van der Waals surface area contributed by atoms with Crippen molar-refractivity contribution in [3.63, 3.8) is 0 Å². The van der Waals surface area contributed by atoms with Crippen LogP contribution >= 0.6 is 0 Å². The van der Waals surface area contributed by atoms with Gasteiger partial charge in [-0.25, -0.2) is 0 Å². The fraction of sp³-hybridized carbons (Fsp3) is 0.417. The molecular weight excluding hydrogens is 190 g/mol. The lowest BCUT2D eigenvalue weighted by Gasteiger charge is -2.09. The van der Waals surface area contributed by atoms with Gasteiger partial charge in [0.25, 0.3) is 0 Å². The van der Waals surface area contributed by atoms with Crippen LogP contribution in [0.15, 0.2) is 24.3 Å². The van der Waals surface area contributed by atoms with Crippen molar-refractivity contribution < 1.29 is 9.90 Å². The fourth-order valence-corrected chi connectivity index (χ4v) is 1.93. The first kappa shape index (κ1) is 10.2. The van der Waals surface area contributed by atoms with Crippen LogP contribution in [0.1, 0.15) is 18.4 Å². The van der Waals surface area contributed by atoms with Crippen LogP contribution in [0.2, 0.25) is 0 Å². The number of carbonyl (C=O) groups excluding carboxylic acids is 1. The summed E-state index contributed by atoms with van der Waals surface area (Å²) in [5.74, 6) is 0.387. The average molecular weight is 205 g/mol. The summed E-state index contributed by atoms with van der Waals surface area (Å²) in [6.07, 6.45) is 2.31. The molecule has 0 spiro atoms. The number of rotatable bonds is 3. The lowest BCUT2D eigenvalue weighted by molar-refractivity contribution is -0.120. The molecule has 1 atom stereocenters. The minimum Gasteiger partial charge on any atom is -0.508 e. The summed E-state index contributed by atoms with van der Waals surface area (Å²) in [5.41, 5.74) is 0.719. The number of aromatic hydroxyl groups is 1. The summed E-state index contributed by atoms with van der Waals surface area (Å²) >= 11 is 0. The third-order valence-electron chi connectivity index (χ3n) is 2.81. The van der Waals surface area contributed by atoms with Crippen LogP contribution in [0.3, 0.4) is 0 Å². The Bertz CT molecular complexity index is 356. The molecule has 0 aromatic heterocycles. The normalized spacial score (nSPS) is 20.4. The Labute approximate surface area is 89.1 Å². The second-order valence-electron chi connectivity index (χ2n) is 3.92. The Kier molecular flexibility index (Phi) is 3.02. The molecule has 80 valence electrons. The van der Waals surface area contributed by atoms with Crippen LogP contribution in [0.5, 0.6) is 5.75 Å². The Morgan fingerprint density at radius 3 is 2.93 bits per heavy atom. The SMILES string of the molecule is O=C(Cc1ccccc1O)C1CCCN1. The van der Waals surface area contributed by atoms with Gasteiger partial charge in [-0.3, -0.25) is 4.79 Å². The molecule has 0 saturated carbocycles. The molecule has 1 saturated heterocycles. The summed E-state index contributed by atoms with van der Waals surface area (Å²) in [6, 6.07) is 7.00. The van der Waals surface area contributed by atoms with Crippen molar-refractivity contribution in [1.82, 2.24) is 5.32 Å². The first-order chi connectivity index (χ1) is 7.27. The van der Waals surface area contributed by atoms with Crippen LogP contribution in [0, 0.1) is 0 Å². The highest BCUT2D eigenvalue weighted by atomic mass is 16.3. The molecule has 1 aliphatic heterocycles. The molecule has 0 aliphatic carbocycles. The Balaban J connectivity index is 2.02. The summed E-state index contributed by atoms with van der Waals surface area (Å²) in [6.45, 7) is 0.928. The molecule has 1 unspecified atom stereocenters. The van der Waals surface area contributed by atoms with Crippen LogP contribution in [-0.4, -0.2) is 23.5 Å². The van der Waals surface area contributed by atoms with E-state index in [0.717, 1.165) is 24.9 Å². The molecule has 3 heteroatoms. The summed E-state index contributed by atoms with van der Waals surface area (Å²) in [7, 11) is 0. The number of ketones is 1. The molecule has 1 heterocycles. The van der Waals surface area contributed by atoms with Crippen LogP contribution in [0.25, 0.3) is 0 Å². The van der Waals surface area contributed by atoms with Crippen molar-refractivity contribution in [3.8, 4) is 5.75 Å². The number of Topliss-reactive ketones (excluding diaryl/α,β-unsaturated/α-hetero) is 1. The number of phenols is 1. The molecule has 0 amide bonds. The van der Waals surface area contributed by atoms with Crippen molar-refractivity contribution in [2.24, 2.45) is 0 Å². The van der Waals surface area contributed by atoms with Gasteiger partial charge in [0.1, 0.15) is 5.75 Å². The average Bonchev–Trinajstić information content (AvgIpc) is 2.74. The number of hydrogen-bond donors (Lipinski definition) is 2. The van der Waals surface area contributed by atoms with Gasteiger partial charge in [0, 0.05) is 12.0 Å². The van der Waals surface area contributed by atoms with E-state index in [1.54, 1.807) is 18.2 Å². The maximum Gasteiger partial charge on any atom is 0.154 e. The maximum atomic E-state index is 11.8. The molecule has 3 nitrogen and oxygen atoms in total. The number of para-hydroxylation sites is 1. The van der Waals surface area contributed by atoms with Gasteiger partial charge in [-0.1, -0.05) is 18.2 Å². The zero-order valence-electron chi connectivity index (χ0n) is 8.57. The Morgan fingerprint density at radius 2 is 2.27 bits per heavy atom. The van der Waals surface area contributed by atoms with E-state index in [1.165, 1.54) is 0 Å². The third-order valence-corrected chi connectivity index (χ3v) is 2.81. The van der Waals surface area contributed by atoms with E-state index in [1.807, 2.05) is 6.07 Å². The first-order valence-electron chi connectivity index (χ1n) is 5.30. The number of nitrogens with one attached hydrogen (secondary N) is 1. The van der Waals surface area contributed by atoms with Crippen molar-refractivity contribution in [3.05, 3.63) is 29.8 Å². The zero-order valence-corrected chi connectivity index (χ0v) is 8.57. The van der Waals surface area contributed by atoms with E-state index in [2.05, 4.69) is 5.32 Å². The minimum absolute atomic E-state index is 0.00962. The Morgan fingerprint density at radius 1 is 1.47 bits per heavy atom. The van der Waals surface area contributed by atoms with Crippen molar-refractivity contribution >= 4 is 5.78 Å². The molecule has 1 fully saturated rings. The number of phenolic OH excluding ortho intramolecular Hbond substituents is 1. The van der Waals surface area contributed by atoms with Crippen molar-refractivity contribution in [2.45, 2.75) is 25.3 Å². The molecule has 1 aromatic rings. The largest absolute Gasteiger partial charge is 0.508 e. The van der Waals surface area contributed by atoms with Gasteiger partial charge in [0.05, 0.1) is 6.04 Å². The first-order valence-corrected chi connectivity index (χ1v) is 5.30. The smallest absolute Gasteiger partial charge is 0.154 e. The predicted octanol–water partition coefficient (Wildman–Crippen LogP) is 1.26. The van der Waals surface area contributed by atoms with Gasteiger partial charge in [-0.15, -0.1) is 0 Å². The Hall–Kier alpha value is -1.35. The van der Waals surface area contributed by atoms with Gasteiger partial charge < -0.3 is 10.4 Å². The summed E-state index contributed by atoms with van der Waals surface area (Å²) < 4.78 is 0. The van der Waals surface area contributed by atoms with E-state index >= 15 is 0 Å². The van der Waals surface area contributed by atoms with E-state index in [-0.39, 0.29) is 17.6 Å². The predicted molar refractivity (Wildman–Crippen MR) is 57.8 cm³/mol. The van der Waals surface area contributed by atoms with Crippen LogP contribution in [-0.2, 0) is 11.2 Å². The highest BCUT2D eigenvalue weighted by molar-refractivity contribution is 5.86. The van der Waals surface area contributed by atoms with E-state index in [9.17, 15) is 9.90 Å². The molecule has 2 N–H and O–H groups in total. The molecule has 15 heavy (non-hydrogen) atoms. The van der Waals surface area contributed by atoms with E-state index < -0.39 is 0 Å². The standard InChI is InChI=1S/C12H15NO2/c14-11-6-2-1-4-9(11)8-12(15)10-5-3-7-13-10/h1-2,4,6,10,13-14H,3,5,7-8H2. The highest BCUT2D eigenvalue weighted by Gasteiger charge is 2.22. The summed E-state index contributed by atoms with van der Waals surface area (Å²) in [4.78, 5) is 11.8. The summed E-state index contributed by atoms with van der Waals surface area (Å²) in [5, 5.41) is 12.7. The van der Waals surface area contributed by atoms with Gasteiger partial charge in [-0.2, -0.15) is 0 Å². The van der Waals surface area contributed by atoms with Gasteiger partial charge in [0.2, 0.25) is 0 Å². The quantitative estimate of drug-likeness (QED) is 0.781. The van der Waals surface area contributed by atoms with Gasteiger partial charge in [-0.05, 0) is 25.5 Å². The fourth-order valence-electron chi connectivity index (χ4n) is 1.93. The number of benzene rings is 1. The lowest BCUT2D eigenvalue weighted by atomic mass is 10.0. The van der Waals surface area contributed by atoms with Gasteiger partial charge >= 0.3 is 0 Å². The minimum atomic E-state index is -0.00962. The van der Waals surface area contributed by atoms with Crippen molar-refractivity contribution in [2.75, 3.05) is 6.54 Å². The van der Waals surface area contributed by atoms with Gasteiger partial charge in [0.15, 0.2) is 5.78 Å². The second-order valence-corrected chi connectivity index (χ2v) is 3.92. The number of carbonyl (C=O) groups is 1. The highest BCUT2D eigenvalue weighted by Crippen LogP contribution is 2.18. The number of hydrogen-bond acceptors (Lipinski definition) is 3. The second kappa shape index (κ2) is 4.45.